The SMILES string of the molecule is O=C(Cc1ccc(Cl)cc1)N1CCOc2ccc(Cl)cc21. The summed E-state index contributed by atoms with van der Waals surface area (Å²) in [5.41, 5.74) is 1.66. The molecule has 2 aromatic carbocycles. The van der Waals surface area contributed by atoms with Gasteiger partial charge in [-0.15, -0.1) is 0 Å². The molecular formula is C16H13Cl2NO2. The summed E-state index contributed by atoms with van der Waals surface area (Å²) in [6, 6.07) is 12.6. The Morgan fingerprint density at radius 1 is 1.10 bits per heavy atom. The average Bonchev–Trinajstić information content (AvgIpc) is 2.49. The highest BCUT2D eigenvalue weighted by molar-refractivity contribution is 6.31. The second kappa shape index (κ2) is 5.96. The van der Waals surface area contributed by atoms with Gasteiger partial charge in [0.1, 0.15) is 12.4 Å². The first-order chi connectivity index (χ1) is 10.1. The molecule has 3 nitrogen and oxygen atoms in total. The van der Waals surface area contributed by atoms with Gasteiger partial charge in [-0.3, -0.25) is 4.79 Å². The van der Waals surface area contributed by atoms with E-state index in [0.717, 1.165) is 11.3 Å². The number of hydrogen-bond acceptors (Lipinski definition) is 2. The largest absolute Gasteiger partial charge is 0.490 e. The van der Waals surface area contributed by atoms with Crippen LogP contribution in [0.4, 0.5) is 5.69 Å². The number of carbonyl (C=O) groups is 1. The van der Waals surface area contributed by atoms with Crippen LogP contribution in [0.15, 0.2) is 42.5 Å². The van der Waals surface area contributed by atoms with Crippen molar-refractivity contribution in [3.05, 3.63) is 58.1 Å². The van der Waals surface area contributed by atoms with Crippen LogP contribution in [-0.4, -0.2) is 19.1 Å². The van der Waals surface area contributed by atoms with Crippen LogP contribution in [0.25, 0.3) is 0 Å². The van der Waals surface area contributed by atoms with Crippen molar-refractivity contribution in [1.82, 2.24) is 0 Å². The third-order valence-corrected chi connectivity index (χ3v) is 3.84. The highest BCUT2D eigenvalue weighted by Gasteiger charge is 2.23. The Hall–Kier alpha value is -1.71. The first-order valence-corrected chi connectivity index (χ1v) is 7.36. The predicted octanol–water partition coefficient (Wildman–Crippen LogP) is 3.96. The van der Waals surface area contributed by atoms with Gasteiger partial charge in [0, 0.05) is 10.0 Å². The fourth-order valence-corrected chi connectivity index (χ4v) is 2.61. The summed E-state index contributed by atoms with van der Waals surface area (Å²) in [5, 5.41) is 1.25. The number of halogens is 2. The van der Waals surface area contributed by atoms with Gasteiger partial charge in [0.25, 0.3) is 0 Å². The van der Waals surface area contributed by atoms with Crippen molar-refractivity contribution in [1.29, 1.82) is 0 Å². The lowest BCUT2D eigenvalue weighted by Gasteiger charge is -2.29. The zero-order valence-corrected chi connectivity index (χ0v) is 12.7. The molecule has 1 aliphatic heterocycles. The summed E-state index contributed by atoms with van der Waals surface area (Å²) in [6.07, 6.45) is 0.323. The van der Waals surface area contributed by atoms with Gasteiger partial charge < -0.3 is 9.64 Å². The fourth-order valence-electron chi connectivity index (χ4n) is 2.32. The van der Waals surface area contributed by atoms with E-state index in [1.165, 1.54) is 0 Å². The zero-order valence-electron chi connectivity index (χ0n) is 11.2. The number of amides is 1. The summed E-state index contributed by atoms with van der Waals surface area (Å²) >= 11 is 11.9. The highest BCUT2D eigenvalue weighted by atomic mass is 35.5. The van der Waals surface area contributed by atoms with Gasteiger partial charge in [0.15, 0.2) is 0 Å². The molecule has 2 aromatic rings. The van der Waals surface area contributed by atoms with Gasteiger partial charge in [-0.25, -0.2) is 0 Å². The first-order valence-electron chi connectivity index (χ1n) is 6.60. The van der Waals surface area contributed by atoms with Crippen molar-refractivity contribution >= 4 is 34.8 Å². The fraction of sp³-hybridized carbons (Fsp3) is 0.188. The summed E-state index contributed by atoms with van der Waals surface area (Å²) in [4.78, 5) is 14.2. The minimum Gasteiger partial charge on any atom is -0.490 e. The molecule has 21 heavy (non-hydrogen) atoms. The predicted molar refractivity (Wildman–Crippen MR) is 84.5 cm³/mol. The smallest absolute Gasteiger partial charge is 0.231 e. The first kappa shape index (κ1) is 14.2. The molecule has 0 unspecified atom stereocenters. The molecule has 1 heterocycles. The van der Waals surface area contributed by atoms with Gasteiger partial charge in [0.05, 0.1) is 18.7 Å². The van der Waals surface area contributed by atoms with Crippen LogP contribution >= 0.6 is 23.2 Å². The number of nitrogens with zero attached hydrogens (tertiary/aromatic N) is 1. The Morgan fingerprint density at radius 2 is 1.81 bits per heavy atom. The van der Waals surface area contributed by atoms with Crippen molar-refractivity contribution < 1.29 is 9.53 Å². The van der Waals surface area contributed by atoms with Crippen LogP contribution < -0.4 is 9.64 Å². The standard InChI is InChI=1S/C16H13Cl2NO2/c17-12-3-1-11(2-4-12)9-16(20)19-7-8-21-15-6-5-13(18)10-14(15)19/h1-6,10H,7-9H2. The van der Waals surface area contributed by atoms with Gasteiger partial charge in [0.2, 0.25) is 5.91 Å². The Kier molecular flexibility index (Phi) is 4.04. The second-order valence-electron chi connectivity index (χ2n) is 4.81. The number of fused-ring (bicyclic) bond motifs is 1. The number of benzene rings is 2. The Morgan fingerprint density at radius 3 is 2.57 bits per heavy atom. The van der Waals surface area contributed by atoms with Gasteiger partial charge in [-0.1, -0.05) is 35.3 Å². The van der Waals surface area contributed by atoms with E-state index < -0.39 is 0 Å². The quantitative estimate of drug-likeness (QED) is 0.837. The van der Waals surface area contributed by atoms with Crippen LogP contribution in [0, 0.1) is 0 Å². The molecule has 0 spiro atoms. The van der Waals surface area contributed by atoms with Crippen molar-refractivity contribution in [2.45, 2.75) is 6.42 Å². The van der Waals surface area contributed by atoms with Crippen LogP contribution in [0.1, 0.15) is 5.56 Å². The van der Waals surface area contributed by atoms with E-state index in [0.29, 0.717) is 35.4 Å². The number of hydrogen-bond donors (Lipinski definition) is 0. The topological polar surface area (TPSA) is 29.5 Å². The number of anilines is 1. The van der Waals surface area contributed by atoms with Crippen LogP contribution in [0.5, 0.6) is 5.75 Å². The van der Waals surface area contributed by atoms with Gasteiger partial charge in [-0.05, 0) is 35.9 Å². The number of rotatable bonds is 2. The molecule has 0 radical (unpaired) electrons. The Labute approximate surface area is 133 Å². The molecule has 108 valence electrons. The van der Waals surface area contributed by atoms with E-state index in [2.05, 4.69) is 0 Å². The van der Waals surface area contributed by atoms with Crippen molar-refractivity contribution in [2.24, 2.45) is 0 Å². The minimum atomic E-state index is 0.0177. The van der Waals surface area contributed by atoms with Crippen molar-refractivity contribution in [2.75, 3.05) is 18.1 Å². The molecule has 5 heteroatoms. The van der Waals surface area contributed by atoms with Crippen LogP contribution in [-0.2, 0) is 11.2 Å². The normalized spacial score (nSPS) is 13.5. The molecule has 0 bridgehead atoms. The zero-order chi connectivity index (χ0) is 14.8. The maximum Gasteiger partial charge on any atom is 0.231 e. The maximum atomic E-state index is 12.5. The number of carbonyl (C=O) groups excluding carboxylic acids is 1. The number of ether oxygens (including phenoxy) is 1. The molecule has 0 saturated carbocycles. The van der Waals surface area contributed by atoms with Gasteiger partial charge in [-0.2, -0.15) is 0 Å². The lowest BCUT2D eigenvalue weighted by molar-refractivity contribution is -0.118. The van der Waals surface area contributed by atoms with E-state index in [-0.39, 0.29) is 5.91 Å². The van der Waals surface area contributed by atoms with E-state index >= 15 is 0 Å². The maximum absolute atomic E-state index is 12.5. The third-order valence-electron chi connectivity index (χ3n) is 3.35. The Balaban J connectivity index is 1.83. The van der Waals surface area contributed by atoms with Crippen molar-refractivity contribution in [3.8, 4) is 5.75 Å². The summed E-state index contributed by atoms with van der Waals surface area (Å²) < 4.78 is 5.55. The minimum absolute atomic E-state index is 0.0177. The molecule has 0 aromatic heterocycles. The third kappa shape index (κ3) is 3.14. The average molecular weight is 322 g/mol. The van der Waals surface area contributed by atoms with E-state index in [1.807, 2.05) is 12.1 Å². The summed E-state index contributed by atoms with van der Waals surface area (Å²) in [6.45, 7) is 1.01. The van der Waals surface area contributed by atoms with E-state index in [1.54, 1.807) is 35.2 Å². The molecule has 0 atom stereocenters. The van der Waals surface area contributed by atoms with Crippen molar-refractivity contribution in [3.63, 3.8) is 0 Å². The lowest BCUT2D eigenvalue weighted by atomic mass is 10.1. The van der Waals surface area contributed by atoms with E-state index in [9.17, 15) is 4.79 Å². The molecule has 0 fully saturated rings. The van der Waals surface area contributed by atoms with Crippen LogP contribution in [0.2, 0.25) is 10.0 Å². The molecule has 1 amide bonds. The molecule has 1 aliphatic rings. The lowest BCUT2D eigenvalue weighted by Crippen LogP contribution is -2.38. The molecule has 0 saturated heterocycles. The molecule has 0 aliphatic carbocycles. The second-order valence-corrected chi connectivity index (χ2v) is 5.68. The summed E-state index contributed by atoms with van der Waals surface area (Å²) in [5.74, 6) is 0.708. The molecular weight excluding hydrogens is 309 g/mol. The Bertz CT molecular complexity index is 670. The van der Waals surface area contributed by atoms with Gasteiger partial charge >= 0.3 is 0 Å². The summed E-state index contributed by atoms with van der Waals surface area (Å²) in [7, 11) is 0. The van der Waals surface area contributed by atoms with Crippen LogP contribution in [0.3, 0.4) is 0 Å². The van der Waals surface area contributed by atoms with E-state index in [4.69, 9.17) is 27.9 Å². The molecule has 0 N–H and O–H groups in total. The monoisotopic (exact) mass is 321 g/mol. The highest BCUT2D eigenvalue weighted by Crippen LogP contribution is 2.34. The molecule has 3 rings (SSSR count).